The molecule has 200 valence electrons. The van der Waals surface area contributed by atoms with Crippen LogP contribution < -0.4 is 9.80 Å². The van der Waals surface area contributed by atoms with E-state index in [1.165, 1.54) is 24.3 Å². The Balaban J connectivity index is 1.54. The lowest BCUT2D eigenvalue weighted by atomic mass is 9.77. The summed E-state index contributed by atoms with van der Waals surface area (Å²) < 4.78 is 0. The van der Waals surface area contributed by atoms with E-state index in [2.05, 4.69) is 59.5 Å². The molecule has 1 fully saturated rings. The number of nitro benzene ring substituents is 1. The second kappa shape index (κ2) is 10.7. The molecule has 0 saturated heterocycles. The van der Waals surface area contributed by atoms with Crippen molar-refractivity contribution in [3.05, 3.63) is 105 Å². The van der Waals surface area contributed by atoms with Crippen LogP contribution in [0.1, 0.15) is 46.8 Å². The number of hydrogen-bond donors (Lipinski definition) is 0. The van der Waals surface area contributed by atoms with Gasteiger partial charge < -0.3 is 9.80 Å². The zero-order chi connectivity index (χ0) is 27.7. The normalized spacial score (nSPS) is 19.4. The lowest BCUT2D eigenvalue weighted by molar-refractivity contribution is -0.384. The topological polar surface area (TPSA) is 82.3 Å². The van der Waals surface area contributed by atoms with Crippen LogP contribution in [0, 0.1) is 16.0 Å². The van der Waals surface area contributed by atoms with Crippen LogP contribution in [0.4, 0.5) is 17.1 Å². The van der Waals surface area contributed by atoms with Crippen LogP contribution in [-0.2, 0) is 0 Å². The quantitative estimate of drug-likeness (QED) is 0.285. The smallest absolute Gasteiger partial charge is 0.274 e. The lowest BCUT2D eigenvalue weighted by Crippen LogP contribution is -2.32. The second-order valence-electron chi connectivity index (χ2n) is 10.5. The van der Waals surface area contributed by atoms with E-state index in [0.717, 1.165) is 53.0 Å². The predicted octanol–water partition coefficient (Wildman–Crippen LogP) is 6.16. The van der Waals surface area contributed by atoms with Crippen LogP contribution in [0.5, 0.6) is 0 Å². The minimum atomic E-state index is -0.462. The van der Waals surface area contributed by atoms with Gasteiger partial charge in [0.05, 0.1) is 16.7 Å². The molecule has 2 atom stereocenters. The first kappa shape index (κ1) is 26.2. The Kier molecular flexibility index (Phi) is 7.19. The SMILES string of the molecule is CN(C)c1ccc(C=C2CCCC3C2=NN(C(=O)c2ccc([N+](=O)[O-])cc2)C3c2ccc(N(C)C)cc2)cc1. The van der Waals surface area contributed by atoms with E-state index in [0.29, 0.717) is 5.56 Å². The maximum Gasteiger partial charge on any atom is 0.274 e. The van der Waals surface area contributed by atoms with E-state index in [1.807, 2.05) is 33.1 Å². The average molecular weight is 524 g/mol. The summed E-state index contributed by atoms with van der Waals surface area (Å²) in [6.45, 7) is 0. The third-order valence-corrected chi connectivity index (χ3v) is 7.54. The Morgan fingerprint density at radius 2 is 1.51 bits per heavy atom. The molecule has 2 unspecified atom stereocenters. The van der Waals surface area contributed by atoms with E-state index in [-0.39, 0.29) is 23.6 Å². The Morgan fingerprint density at radius 3 is 2.08 bits per heavy atom. The second-order valence-corrected chi connectivity index (χ2v) is 10.5. The van der Waals surface area contributed by atoms with E-state index in [9.17, 15) is 14.9 Å². The number of amides is 1. The largest absolute Gasteiger partial charge is 0.378 e. The molecule has 1 amide bonds. The van der Waals surface area contributed by atoms with Crippen LogP contribution in [0.3, 0.4) is 0 Å². The summed E-state index contributed by atoms with van der Waals surface area (Å²) in [5.74, 6) is -0.193. The number of allylic oxidation sites excluding steroid dienone is 1. The molecular weight excluding hydrogens is 490 g/mol. The van der Waals surface area contributed by atoms with Crippen molar-refractivity contribution >= 4 is 34.8 Å². The van der Waals surface area contributed by atoms with Gasteiger partial charge in [0.1, 0.15) is 0 Å². The first-order valence-corrected chi connectivity index (χ1v) is 13.1. The molecule has 0 aromatic heterocycles. The molecule has 3 aromatic rings. The molecule has 8 nitrogen and oxygen atoms in total. The van der Waals surface area contributed by atoms with Crippen LogP contribution >= 0.6 is 0 Å². The van der Waals surface area contributed by atoms with Gasteiger partial charge in [0.15, 0.2) is 0 Å². The summed E-state index contributed by atoms with van der Waals surface area (Å²) in [4.78, 5) is 28.6. The number of non-ortho nitro benzene ring substituents is 1. The van der Waals surface area contributed by atoms with Gasteiger partial charge in [0.25, 0.3) is 11.6 Å². The zero-order valence-corrected chi connectivity index (χ0v) is 22.7. The number of hydrazone groups is 1. The lowest BCUT2D eigenvalue weighted by Gasteiger charge is -2.30. The van der Waals surface area contributed by atoms with Crippen molar-refractivity contribution in [1.29, 1.82) is 0 Å². The maximum absolute atomic E-state index is 13.8. The minimum Gasteiger partial charge on any atom is -0.378 e. The standard InChI is InChI=1S/C31H33N5O3/c1-33(2)25-14-8-21(9-15-25)20-24-6-5-7-28-29(24)32-35(30(28)22-10-16-26(17-11-22)34(3)4)31(37)23-12-18-27(19-13-23)36(38)39/h8-20,28,30H,5-7H2,1-4H3. The van der Waals surface area contributed by atoms with E-state index in [1.54, 1.807) is 5.01 Å². The number of hydrogen-bond acceptors (Lipinski definition) is 6. The third-order valence-electron chi connectivity index (χ3n) is 7.54. The first-order chi connectivity index (χ1) is 18.7. The molecule has 1 aliphatic heterocycles. The highest BCUT2D eigenvalue weighted by molar-refractivity contribution is 6.09. The van der Waals surface area contributed by atoms with Crippen LogP contribution in [0.2, 0.25) is 0 Å². The number of benzene rings is 3. The van der Waals surface area contributed by atoms with Crippen LogP contribution in [-0.4, -0.2) is 49.7 Å². The van der Waals surface area contributed by atoms with Crippen molar-refractivity contribution in [3.63, 3.8) is 0 Å². The molecule has 0 spiro atoms. The molecule has 8 heteroatoms. The summed E-state index contributed by atoms with van der Waals surface area (Å²) in [5.41, 5.74) is 6.78. The average Bonchev–Trinajstić information content (AvgIpc) is 3.33. The molecular formula is C31H33N5O3. The minimum absolute atomic E-state index is 0.0470. The highest BCUT2D eigenvalue weighted by Gasteiger charge is 2.44. The summed E-state index contributed by atoms with van der Waals surface area (Å²) in [6.07, 6.45) is 5.03. The van der Waals surface area contributed by atoms with Crippen molar-refractivity contribution in [2.24, 2.45) is 11.0 Å². The molecule has 1 aliphatic carbocycles. The molecule has 0 radical (unpaired) electrons. The van der Waals surface area contributed by atoms with Crippen molar-refractivity contribution in [3.8, 4) is 0 Å². The molecule has 0 N–H and O–H groups in total. The van der Waals surface area contributed by atoms with Gasteiger partial charge >= 0.3 is 0 Å². The number of carbonyl (C=O) groups is 1. The van der Waals surface area contributed by atoms with Gasteiger partial charge in [-0.1, -0.05) is 24.3 Å². The Labute approximate surface area is 229 Å². The van der Waals surface area contributed by atoms with Gasteiger partial charge in [-0.05, 0) is 78.4 Å². The third kappa shape index (κ3) is 5.27. The molecule has 39 heavy (non-hydrogen) atoms. The number of fused-ring (bicyclic) bond motifs is 1. The predicted molar refractivity (Wildman–Crippen MR) is 156 cm³/mol. The molecule has 0 bridgehead atoms. The summed E-state index contributed by atoms with van der Waals surface area (Å²) in [7, 11) is 8.04. The monoisotopic (exact) mass is 523 g/mol. The van der Waals surface area contributed by atoms with Gasteiger partial charge in [-0.15, -0.1) is 0 Å². The number of rotatable bonds is 6. The fourth-order valence-corrected chi connectivity index (χ4v) is 5.40. The van der Waals surface area contributed by atoms with Crippen LogP contribution in [0.25, 0.3) is 6.08 Å². The first-order valence-electron chi connectivity index (χ1n) is 13.1. The van der Waals surface area contributed by atoms with E-state index in [4.69, 9.17) is 5.10 Å². The van der Waals surface area contributed by atoms with Gasteiger partial charge in [-0.2, -0.15) is 5.10 Å². The molecule has 5 rings (SSSR count). The van der Waals surface area contributed by atoms with Crippen molar-refractivity contribution in [1.82, 2.24) is 5.01 Å². The highest BCUT2D eigenvalue weighted by Crippen LogP contribution is 2.45. The zero-order valence-electron chi connectivity index (χ0n) is 22.7. The number of anilines is 2. The van der Waals surface area contributed by atoms with Gasteiger partial charge in [-0.25, -0.2) is 5.01 Å². The maximum atomic E-state index is 13.8. The van der Waals surface area contributed by atoms with Gasteiger partial charge in [-0.3, -0.25) is 14.9 Å². The summed E-state index contributed by atoms with van der Waals surface area (Å²) >= 11 is 0. The Morgan fingerprint density at radius 1 is 0.923 bits per heavy atom. The number of carbonyl (C=O) groups excluding carboxylic acids is 1. The van der Waals surface area contributed by atoms with Crippen molar-refractivity contribution in [2.75, 3.05) is 38.0 Å². The van der Waals surface area contributed by atoms with Gasteiger partial charge in [0, 0.05) is 63.2 Å². The summed E-state index contributed by atoms with van der Waals surface area (Å²) in [6, 6.07) is 22.2. The number of nitrogens with zero attached hydrogens (tertiary/aromatic N) is 5. The molecule has 3 aromatic carbocycles. The van der Waals surface area contributed by atoms with E-state index < -0.39 is 4.92 Å². The Hall–Kier alpha value is -4.46. The van der Waals surface area contributed by atoms with Crippen molar-refractivity contribution in [2.45, 2.75) is 25.3 Å². The highest BCUT2D eigenvalue weighted by atomic mass is 16.6. The summed E-state index contributed by atoms with van der Waals surface area (Å²) in [5, 5.41) is 17.7. The Bertz CT molecular complexity index is 1420. The molecule has 1 heterocycles. The van der Waals surface area contributed by atoms with Gasteiger partial charge in [0.2, 0.25) is 0 Å². The van der Waals surface area contributed by atoms with E-state index >= 15 is 0 Å². The number of nitro groups is 1. The molecule has 2 aliphatic rings. The fourth-order valence-electron chi connectivity index (χ4n) is 5.40. The fraction of sp³-hybridized carbons (Fsp3) is 0.290. The van der Waals surface area contributed by atoms with Crippen molar-refractivity contribution < 1.29 is 9.72 Å². The molecule has 1 saturated carbocycles. The van der Waals surface area contributed by atoms with Crippen LogP contribution in [0.15, 0.2) is 83.5 Å².